The fraction of sp³-hybridized carbons (Fsp3) is 0.440. The molecule has 4 aromatic rings. The van der Waals surface area contributed by atoms with Gasteiger partial charge in [-0.15, -0.1) is 0 Å². The van der Waals surface area contributed by atoms with E-state index in [0.717, 1.165) is 10.9 Å². The van der Waals surface area contributed by atoms with E-state index in [2.05, 4.69) is 68.1 Å². The number of nitrogens with two attached hydrogens (primary N) is 3. The van der Waals surface area contributed by atoms with Crippen molar-refractivity contribution in [2.45, 2.75) is 120 Å². The van der Waals surface area contributed by atoms with Gasteiger partial charge in [-0.2, -0.15) is 0 Å². The molecule has 3 heterocycles. The Morgan fingerprint density at radius 1 is 0.714 bits per heavy atom. The van der Waals surface area contributed by atoms with Crippen molar-refractivity contribution >= 4 is 76.0 Å². The normalized spacial score (nSPS) is 20.8. The van der Waals surface area contributed by atoms with Gasteiger partial charge >= 0.3 is 0 Å². The zero-order valence-electron chi connectivity index (χ0n) is 42.7. The predicted molar refractivity (Wildman–Crippen MR) is 283 cm³/mol. The summed E-state index contributed by atoms with van der Waals surface area (Å²) >= 11 is 0. The van der Waals surface area contributed by atoms with E-state index in [-0.39, 0.29) is 102 Å². The number of para-hydroxylation sites is 1. The molecular weight excluding hydrogens is 997 g/mol. The van der Waals surface area contributed by atoms with E-state index in [1.807, 2.05) is 18.2 Å². The van der Waals surface area contributed by atoms with Gasteiger partial charge in [0.05, 0.1) is 12.0 Å². The average Bonchev–Trinajstić information content (AvgIpc) is 4.06. The minimum Gasteiger partial charge on any atom is -0.370 e. The number of primary amides is 1. The average molecular weight is 1070 g/mol. The van der Waals surface area contributed by atoms with Crippen molar-refractivity contribution in [3.05, 3.63) is 90.1 Å². The quantitative estimate of drug-likeness (QED) is 0.0269. The Balaban J connectivity index is 1.54. The lowest BCUT2D eigenvalue weighted by Crippen LogP contribution is -2.61. The first-order chi connectivity index (χ1) is 36.9. The van der Waals surface area contributed by atoms with E-state index in [9.17, 15) is 43.2 Å². The fourth-order valence-electron chi connectivity index (χ4n) is 8.54. The zero-order chi connectivity index (χ0) is 55.9. The van der Waals surface area contributed by atoms with Gasteiger partial charge in [0.1, 0.15) is 42.3 Å². The zero-order valence-corrected chi connectivity index (χ0v) is 42.7. The number of amides is 9. The lowest BCUT2D eigenvalue weighted by molar-refractivity contribution is -0.135. The van der Waals surface area contributed by atoms with Crippen molar-refractivity contribution in [1.29, 1.82) is 10.8 Å². The fourth-order valence-corrected chi connectivity index (χ4v) is 8.54. The summed E-state index contributed by atoms with van der Waals surface area (Å²) in [6.07, 6.45) is 3.90. The molecule has 77 heavy (non-hydrogen) atoms. The molecule has 0 bridgehead atoms. The van der Waals surface area contributed by atoms with Gasteiger partial charge in [-0.25, -0.2) is 4.98 Å². The molecule has 9 amide bonds. The van der Waals surface area contributed by atoms with E-state index >= 15 is 0 Å². The monoisotopic (exact) mass is 1070 g/mol. The van der Waals surface area contributed by atoms with Crippen LogP contribution in [0.5, 0.6) is 0 Å². The van der Waals surface area contributed by atoms with Gasteiger partial charge in [0.2, 0.25) is 53.2 Å². The Bertz CT molecular complexity index is 2700. The number of nitrogens with one attached hydrogen (secondary N) is 14. The Hall–Kier alpha value is -9.04. The minimum absolute atomic E-state index is 0.0218. The molecule has 2 aromatic heterocycles. The molecule has 3 unspecified atom stereocenters. The number of fused-ring (bicyclic) bond motifs is 1. The van der Waals surface area contributed by atoms with Gasteiger partial charge < -0.3 is 80.3 Å². The molecule has 2 aromatic carbocycles. The van der Waals surface area contributed by atoms with Gasteiger partial charge in [-0.05, 0) is 62.1 Å². The van der Waals surface area contributed by atoms with E-state index in [0.29, 0.717) is 16.8 Å². The Kier molecular flexibility index (Phi) is 22.7. The Labute approximate surface area is 443 Å². The van der Waals surface area contributed by atoms with Gasteiger partial charge in [-0.1, -0.05) is 48.5 Å². The van der Waals surface area contributed by atoms with Crippen LogP contribution in [0.25, 0.3) is 10.9 Å². The smallest absolute Gasteiger partial charge is 0.243 e. The molecule has 7 atom stereocenters. The number of aromatic amines is 2. The van der Waals surface area contributed by atoms with E-state index in [1.54, 1.807) is 42.6 Å². The number of carbonyl (C=O) groups excluding carboxylic acids is 9. The molecule has 0 radical (unpaired) electrons. The molecule has 27 heteroatoms. The van der Waals surface area contributed by atoms with Crippen LogP contribution < -0.4 is 70.4 Å². The summed E-state index contributed by atoms with van der Waals surface area (Å²) in [5.41, 5.74) is 19.0. The van der Waals surface area contributed by atoms with Crippen LogP contribution in [0.4, 0.5) is 0 Å². The van der Waals surface area contributed by atoms with Gasteiger partial charge in [0.15, 0.2) is 11.9 Å². The highest BCUT2D eigenvalue weighted by molar-refractivity contribution is 5.98. The summed E-state index contributed by atoms with van der Waals surface area (Å²) in [7, 11) is 0. The number of rotatable bonds is 18. The van der Waals surface area contributed by atoms with Crippen LogP contribution >= 0.6 is 0 Å². The summed E-state index contributed by atoms with van der Waals surface area (Å²) in [5.74, 6) is -7.69. The van der Waals surface area contributed by atoms with Gasteiger partial charge in [0.25, 0.3) is 0 Å². The maximum atomic E-state index is 14.7. The third kappa shape index (κ3) is 19.6. The third-order valence-electron chi connectivity index (χ3n) is 12.5. The minimum atomic E-state index is -1.50. The van der Waals surface area contributed by atoms with Crippen LogP contribution in [0, 0.1) is 10.8 Å². The first kappa shape index (κ1) is 58.8. The number of hydrogen-bond donors (Lipinski definition) is 17. The topological polar surface area (TPSA) is 444 Å². The number of imidazole rings is 1. The molecule has 1 fully saturated rings. The number of aromatic nitrogens is 3. The maximum absolute atomic E-state index is 14.7. The molecule has 1 aliphatic heterocycles. The lowest BCUT2D eigenvalue weighted by Gasteiger charge is -2.28. The third-order valence-corrected chi connectivity index (χ3v) is 12.5. The highest BCUT2D eigenvalue weighted by Gasteiger charge is 2.35. The Morgan fingerprint density at radius 3 is 1.99 bits per heavy atom. The van der Waals surface area contributed by atoms with Crippen molar-refractivity contribution in [3.8, 4) is 0 Å². The first-order valence-electron chi connectivity index (χ1n) is 25.2. The predicted octanol–water partition coefficient (Wildman–Crippen LogP) is -2.97. The second-order valence-electron chi connectivity index (χ2n) is 18.5. The summed E-state index contributed by atoms with van der Waals surface area (Å²) in [4.78, 5) is 135. The molecular formula is C50H70N18O9. The van der Waals surface area contributed by atoms with Crippen molar-refractivity contribution in [3.63, 3.8) is 0 Å². The van der Waals surface area contributed by atoms with Crippen LogP contribution in [0.2, 0.25) is 0 Å². The number of H-pyrrole nitrogens is 2. The molecule has 5 rings (SSSR count). The molecule has 20 N–H and O–H groups in total. The molecule has 0 spiro atoms. The number of benzene rings is 2. The lowest BCUT2D eigenvalue weighted by atomic mass is 10.0. The standard InChI is InChI=1S/C50H70N18O9/c1-28(69)62-35(15-8-20-58-49(52)53)43(72)65-37-17-18-41(70)57-19-7-14-34(42(51)71)63-47(76)39(23-30-25-60-33-13-6-5-12-32(30)33)67-44(73)36(16-9-21-59-50(54)55)64-46(75)38(22-29-10-3-2-4-11-29)66-48(77)40(68-45(37)74)24-31-26-56-27-61-31/h2-6,10-13,25-27,34-40,60H,7-9,14-24H2,1H3,(H2,51,71)(H,56,61)(H,57,70)(H,62,69)(H,63,76)(H,64,75)(H,65,72)(H,66,77)(H,67,73)(H,68,74)(H4,52,53,58)(H4,54,55,59)/t34?,35-,36-,37?,38?,39-,40-/m0/s1. The van der Waals surface area contributed by atoms with E-state index in [1.165, 1.54) is 19.4 Å². The second kappa shape index (κ2) is 29.7. The van der Waals surface area contributed by atoms with Crippen LogP contribution in [-0.2, 0) is 62.4 Å². The number of guanidine groups is 2. The summed E-state index contributed by atoms with van der Waals surface area (Å²) in [6.45, 7) is 1.47. The van der Waals surface area contributed by atoms with Crippen molar-refractivity contribution in [1.82, 2.24) is 68.1 Å². The largest absolute Gasteiger partial charge is 0.370 e. The molecule has 1 saturated heterocycles. The van der Waals surface area contributed by atoms with Crippen LogP contribution in [-0.4, -0.2) is 142 Å². The second-order valence-corrected chi connectivity index (χ2v) is 18.5. The summed E-state index contributed by atoms with van der Waals surface area (Å²) in [5, 5.41) is 42.6. The Morgan fingerprint density at radius 2 is 1.32 bits per heavy atom. The van der Waals surface area contributed by atoms with Crippen LogP contribution in [0.3, 0.4) is 0 Å². The van der Waals surface area contributed by atoms with Crippen molar-refractivity contribution in [2.75, 3.05) is 19.6 Å². The number of nitrogens with zero attached hydrogens (tertiary/aromatic N) is 1. The van der Waals surface area contributed by atoms with E-state index < -0.39 is 95.5 Å². The van der Waals surface area contributed by atoms with Gasteiger partial charge in [0, 0.05) is 75.5 Å². The summed E-state index contributed by atoms with van der Waals surface area (Å²) < 4.78 is 0. The van der Waals surface area contributed by atoms with Crippen molar-refractivity contribution < 1.29 is 43.2 Å². The maximum Gasteiger partial charge on any atom is 0.243 e. The highest BCUT2D eigenvalue weighted by Crippen LogP contribution is 2.20. The molecule has 0 aliphatic carbocycles. The molecule has 27 nitrogen and oxygen atoms in total. The van der Waals surface area contributed by atoms with Crippen LogP contribution in [0.15, 0.2) is 73.3 Å². The SMILES string of the molecule is CC(=O)N[C@@H](CCCNC(=N)N)C(=O)NC1CCC(=O)NCCCC(C(N)=O)NC(=O)[C@H](Cc2c[nH]c3ccccc23)NC(=O)[C@H](CCCNC(=N)N)NC(=O)C(Cc2ccccc2)NC(=O)[C@H](Cc2c[nH]cn2)NC1=O. The molecule has 0 saturated carbocycles. The number of carbonyl (C=O) groups is 9. The molecule has 1 aliphatic rings. The summed E-state index contributed by atoms with van der Waals surface area (Å²) in [6, 6.07) is 6.35. The van der Waals surface area contributed by atoms with E-state index in [4.69, 9.17) is 28.0 Å². The van der Waals surface area contributed by atoms with Crippen molar-refractivity contribution in [2.24, 2.45) is 17.2 Å². The molecule has 414 valence electrons. The van der Waals surface area contributed by atoms with Gasteiger partial charge in [-0.3, -0.25) is 54.0 Å². The van der Waals surface area contributed by atoms with Crippen LogP contribution in [0.1, 0.15) is 75.1 Å². The number of hydrogen-bond acceptors (Lipinski definition) is 12. The highest BCUT2D eigenvalue weighted by atomic mass is 16.2. The first-order valence-corrected chi connectivity index (χ1v) is 25.2.